The van der Waals surface area contributed by atoms with Crippen molar-refractivity contribution in [3.05, 3.63) is 104 Å². The lowest BCUT2D eigenvalue weighted by molar-refractivity contribution is -0.113. The van der Waals surface area contributed by atoms with Gasteiger partial charge < -0.3 is 4.57 Å². The summed E-state index contributed by atoms with van der Waals surface area (Å²) in [5.41, 5.74) is 3.68. The standard InChI is InChI=1S/C25H15Cl3N2OS2/c26-17-7-5-15(6-8-17)13-29-14-16(19-3-1-2-4-21(19)29)11-23-24(31)30(25(32)33-23)22-10-9-18(27)12-20(22)28/h1-12,14H,13H2/b23-11+. The number of carbonyl (C=O) groups excluding carboxylic acids is 1. The number of benzene rings is 3. The van der Waals surface area contributed by atoms with Gasteiger partial charge in [0.25, 0.3) is 5.91 Å². The first-order valence-electron chi connectivity index (χ1n) is 9.96. The van der Waals surface area contributed by atoms with Crippen molar-refractivity contribution in [2.75, 3.05) is 4.90 Å². The Labute approximate surface area is 215 Å². The maximum absolute atomic E-state index is 13.3. The van der Waals surface area contributed by atoms with Crippen molar-refractivity contribution in [1.29, 1.82) is 0 Å². The minimum atomic E-state index is -0.205. The Bertz CT molecular complexity index is 1440. The minimum Gasteiger partial charge on any atom is -0.342 e. The molecule has 1 aliphatic heterocycles. The van der Waals surface area contributed by atoms with Crippen LogP contribution in [-0.2, 0) is 11.3 Å². The molecule has 4 aromatic rings. The number of hydrogen-bond acceptors (Lipinski definition) is 3. The van der Waals surface area contributed by atoms with E-state index in [4.69, 9.17) is 47.0 Å². The second kappa shape index (κ2) is 9.16. The van der Waals surface area contributed by atoms with Crippen LogP contribution in [0.4, 0.5) is 5.69 Å². The molecule has 1 aromatic heterocycles. The predicted molar refractivity (Wildman–Crippen MR) is 145 cm³/mol. The van der Waals surface area contributed by atoms with Gasteiger partial charge in [-0.2, -0.15) is 0 Å². The molecule has 0 bridgehead atoms. The number of carbonyl (C=O) groups is 1. The number of thiocarbonyl (C=S) groups is 1. The summed E-state index contributed by atoms with van der Waals surface area (Å²) in [5, 5.41) is 2.64. The topological polar surface area (TPSA) is 25.2 Å². The molecule has 0 unspecified atom stereocenters. The van der Waals surface area contributed by atoms with E-state index in [0.29, 0.717) is 36.5 Å². The Morgan fingerprint density at radius 2 is 1.67 bits per heavy atom. The van der Waals surface area contributed by atoms with Gasteiger partial charge >= 0.3 is 0 Å². The van der Waals surface area contributed by atoms with Gasteiger partial charge in [-0.15, -0.1) is 0 Å². The van der Waals surface area contributed by atoms with E-state index >= 15 is 0 Å². The molecule has 2 heterocycles. The number of aromatic nitrogens is 1. The van der Waals surface area contributed by atoms with Crippen molar-refractivity contribution in [1.82, 2.24) is 4.57 Å². The summed E-state index contributed by atoms with van der Waals surface area (Å²) >= 11 is 25.1. The number of anilines is 1. The van der Waals surface area contributed by atoms with Crippen LogP contribution in [0.25, 0.3) is 17.0 Å². The van der Waals surface area contributed by atoms with Crippen LogP contribution in [0, 0.1) is 0 Å². The molecule has 0 radical (unpaired) electrons. The van der Waals surface area contributed by atoms with Crippen LogP contribution < -0.4 is 4.90 Å². The normalized spacial score (nSPS) is 15.2. The third kappa shape index (κ3) is 4.44. The number of hydrogen-bond donors (Lipinski definition) is 0. The van der Waals surface area contributed by atoms with Crippen molar-refractivity contribution >= 4 is 91.7 Å². The van der Waals surface area contributed by atoms with E-state index in [1.165, 1.54) is 16.7 Å². The first kappa shape index (κ1) is 22.5. The summed E-state index contributed by atoms with van der Waals surface area (Å²) in [6.45, 7) is 0.687. The molecule has 0 spiro atoms. The molecule has 1 aliphatic rings. The minimum absolute atomic E-state index is 0.205. The van der Waals surface area contributed by atoms with E-state index in [2.05, 4.69) is 22.9 Å². The second-order valence-corrected chi connectivity index (χ2v) is 10.4. The maximum atomic E-state index is 13.3. The third-order valence-electron chi connectivity index (χ3n) is 5.32. The Balaban J connectivity index is 1.52. The fourth-order valence-corrected chi connectivity index (χ4v) is 5.68. The number of rotatable bonds is 4. The van der Waals surface area contributed by atoms with Gasteiger partial charge in [0.1, 0.15) is 0 Å². The molecule has 8 heteroatoms. The molecular weight excluding hydrogens is 515 g/mol. The van der Waals surface area contributed by atoms with Crippen LogP contribution in [0.1, 0.15) is 11.1 Å². The Morgan fingerprint density at radius 3 is 2.42 bits per heavy atom. The monoisotopic (exact) mass is 528 g/mol. The molecule has 5 rings (SSSR count). The number of fused-ring (bicyclic) bond motifs is 1. The van der Waals surface area contributed by atoms with E-state index in [1.807, 2.05) is 42.5 Å². The lowest BCUT2D eigenvalue weighted by Crippen LogP contribution is -2.27. The summed E-state index contributed by atoms with van der Waals surface area (Å²) in [6.07, 6.45) is 3.95. The van der Waals surface area contributed by atoms with E-state index in [9.17, 15) is 4.79 Å². The number of nitrogens with zero attached hydrogens (tertiary/aromatic N) is 2. The number of halogens is 3. The molecule has 1 saturated heterocycles. The van der Waals surface area contributed by atoms with Crippen LogP contribution in [0.2, 0.25) is 15.1 Å². The molecule has 1 amide bonds. The lowest BCUT2D eigenvalue weighted by atomic mass is 10.1. The Morgan fingerprint density at radius 1 is 0.939 bits per heavy atom. The first-order chi connectivity index (χ1) is 15.9. The summed E-state index contributed by atoms with van der Waals surface area (Å²) in [5.74, 6) is -0.205. The molecule has 3 aromatic carbocycles. The van der Waals surface area contributed by atoms with Crippen molar-refractivity contribution in [3.8, 4) is 0 Å². The average molecular weight is 530 g/mol. The maximum Gasteiger partial charge on any atom is 0.270 e. The fraction of sp³-hybridized carbons (Fsp3) is 0.0400. The van der Waals surface area contributed by atoms with Crippen LogP contribution >= 0.6 is 58.8 Å². The van der Waals surface area contributed by atoms with E-state index in [-0.39, 0.29) is 5.91 Å². The largest absolute Gasteiger partial charge is 0.342 e. The van der Waals surface area contributed by atoms with Gasteiger partial charge in [0, 0.05) is 39.3 Å². The molecule has 1 fully saturated rings. The second-order valence-electron chi connectivity index (χ2n) is 7.47. The van der Waals surface area contributed by atoms with Crippen LogP contribution in [0.15, 0.2) is 77.8 Å². The molecule has 0 saturated carbocycles. The molecule has 0 N–H and O–H groups in total. The van der Waals surface area contributed by atoms with Crippen LogP contribution in [0.5, 0.6) is 0 Å². The van der Waals surface area contributed by atoms with Crippen molar-refractivity contribution in [3.63, 3.8) is 0 Å². The van der Waals surface area contributed by atoms with Crippen LogP contribution in [-0.4, -0.2) is 14.8 Å². The average Bonchev–Trinajstić information content (AvgIpc) is 3.27. The SMILES string of the molecule is O=C1/C(=C\c2cn(Cc3ccc(Cl)cc3)c3ccccc23)SC(=S)N1c1ccc(Cl)cc1Cl. The Hall–Kier alpha value is -2.28. The van der Waals surface area contributed by atoms with Gasteiger partial charge in [-0.3, -0.25) is 9.69 Å². The van der Waals surface area contributed by atoms with E-state index in [0.717, 1.165) is 22.0 Å². The highest BCUT2D eigenvalue weighted by Gasteiger charge is 2.34. The molecule has 3 nitrogen and oxygen atoms in total. The zero-order valence-corrected chi connectivity index (χ0v) is 20.9. The summed E-state index contributed by atoms with van der Waals surface area (Å²) in [7, 11) is 0. The number of amides is 1. The lowest BCUT2D eigenvalue weighted by Gasteiger charge is -2.16. The van der Waals surface area contributed by atoms with Gasteiger partial charge in [0.2, 0.25) is 0 Å². The van der Waals surface area contributed by atoms with Crippen molar-refractivity contribution in [2.45, 2.75) is 6.54 Å². The summed E-state index contributed by atoms with van der Waals surface area (Å²) in [4.78, 5) is 15.3. The van der Waals surface area contributed by atoms with Gasteiger partial charge in [0.05, 0.1) is 15.6 Å². The Kier molecular flexibility index (Phi) is 6.25. The molecule has 0 atom stereocenters. The van der Waals surface area contributed by atoms with Crippen LogP contribution in [0.3, 0.4) is 0 Å². The van der Waals surface area contributed by atoms with Gasteiger partial charge in [-0.25, -0.2) is 0 Å². The van der Waals surface area contributed by atoms with Crippen molar-refractivity contribution in [2.24, 2.45) is 0 Å². The summed E-state index contributed by atoms with van der Waals surface area (Å²) in [6, 6.07) is 20.9. The van der Waals surface area contributed by atoms with Gasteiger partial charge in [0.15, 0.2) is 4.32 Å². The highest BCUT2D eigenvalue weighted by atomic mass is 35.5. The first-order valence-corrected chi connectivity index (χ1v) is 12.3. The molecule has 0 aliphatic carbocycles. The highest BCUT2D eigenvalue weighted by molar-refractivity contribution is 8.27. The summed E-state index contributed by atoms with van der Waals surface area (Å²) < 4.78 is 2.60. The predicted octanol–water partition coefficient (Wildman–Crippen LogP) is 8.06. The quantitative estimate of drug-likeness (QED) is 0.197. The number of para-hydroxylation sites is 1. The van der Waals surface area contributed by atoms with E-state index < -0.39 is 0 Å². The zero-order chi connectivity index (χ0) is 23.1. The molecular formula is C25H15Cl3N2OS2. The fourth-order valence-electron chi connectivity index (χ4n) is 3.79. The smallest absolute Gasteiger partial charge is 0.270 e. The highest BCUT2D eigenvalue weighted by Crippen LogP contribution is 2.40. The third-order valence-corrected chi connectivity index (χ3v) is 7.41. The molecule has 164 valence electrons. The van der Waals surface area contributed by atoms with E-state index in [1.54, 1.807) is 18.2 Å². The molecule has 33 heavy (non-hydrogen) atoms. The number of thioether (sulfide) groups is 1. The van der Waals surface area contributed by atoms with Gasteiger partial charge in [-0.05, 0) is 48.0 Å². The van der Waals surface area contributed by atoms with Gasteiger partial charge in [-0.1, -0.05) is 89.1 Å². The zero-order valence-electron chi connectivity index (χ0n) is 17.0. The van der Waals surface area contributed by atoms with Crippen molar-refractivity contribution < 1.29 is 4.79 Å².